The van der Waals surface area contributed by atoms with Crippen molar-refractivity contribution in [2.24, 2.45) is 0 Å². The zero-order valence-electron chi connectivity index (χ0n) is 7.82. The van der Waals surface area contributed by atoms with Gasteiger partial charge in [0.25, 0.3) is 0 Å². The van der Waals surface area contributed by atoms with Crippen LogP contribution in [0.5, 0.6) is 0 Å². The van der Waals surface area contributed by atoms with Crippen molar-refractivity contribution in [2.45, 2.75) is 44.2 Å². The van der Waals surface area contributed by atoms with Crippen LogP contribution in [0.3, 0.4) is 0 Å². The molecular formula is C10H16N2O. The highest BCUT2D eigenvalue weighted by Gasteiger charge is 2.39. The summed E-state index contributed by atoms with van der Waals surface area (Å²) in [6, 6.07) is 1.94. The van der Waals surface area contributed by atoms with E-state index >= 15 is 0 Å². The van der Waals surface area contributed by atoms with E-state index in [9.17, 15) is 5.11 Å². The van der Waals surface area contributed by atoms with Gasteiger partial charge in [0.1, 0.15) is 0 Å². The average Bonchev–Trinajstić information content (AvgIpc) is 2.69. The van der Waals surface area contributed by atoms with Crippen molar-refractivity contribution in [3.05, 3.63) is 18.5 Å². The number of hydrogen-bond acceptors (Lipinski definition) is 2. The maximum absolute atomic E-state index is 9.56. The second-order valence-electron chi connectivity index (χ2n) is 3.95. The summed E-state index contributed by atoms with van der Waals surface area (Å²) in [4.78, 5) is 0. The molecule has 0 aliphatic heterocycles. The third-order valence-electron chi connectivity index (χ3n) is 2.67. The first-order valence-electron chi connectivity index (χ1n) is 4.98. The van der Waals surface area contributed by atoms with Gasteiger partial charge in [0.15, 0.2) is 0 Å². The lowest BCUT2D eigenvalue weighted by Gasteiger charge is -2.06. The minimum absolute atomic E-state index is 0.274. The van der Waals surface area contributed by atoms with Gasteiger partial charge in [0.05, 0.1) is 5.60 Å². The molecule has 1 N–H and O–H groups in total. The van der Waals surface area contributed by atoms with E-state index in [4.69, 9.17) is 0 Å². The van der Waals surface area contributed by atoms with Gasteiger partial charge in [0, 0.05) is 18.9 Å². The second-order valence-corrected chi connectivity index (χ2v) is 3.95. The SMILES string of the molecule is OC1(CCCCn2cccn2)CC1. The summed E-state index contributed by atoms with van der Waals surface area (Å²) in [7, 11) is 0. The van der Waals surface area contributed by atoms with Crippen molar-refractivity contribution >= 4 is 0 Å². The Kier molecular flexibility index (Phi) is 2.36. The van der Waals surface area contributed by atoms with Crippen molar-refractivity contribution in [2.75, 3.05) is 0 Å². The fourth-order valence-electron chi connectivity index (χ4n) is 1.55. The third kappa shape index (κ3) is 2.56. The highest BCUT2D eigenvalue weighted by Crippen LogP contribution is 2.39. The molecule has 0 spiro atoms. The molecule has 0 bridgehead atoms. The third-order valence-corrected chi connectivity index (χ3v) is 2.67. The highest BCUT2D eigenvalue weighted by atomic mass is 16.3. The van der Waals surface area contributed by atoms with Gasteiger partial charge in [-0.3, -0.25) is 4.68 Å². The molecule has 1 aliphatic carbocycles. The van der Waals surface area contributed by atoms with E-state index in [0.29, 0.717) is 0 Å². The normalized spacial score (nSPS) is 18.8. The van der Waals surface area contributed by atoms with Gasteiger partial charge in [-0.2, -0.15) is 5.10 Å². The van der Waals surface area contributed by atoms with Crippen LogP contribution in [-0.2, 0) is 6.54 Å². The van der Waals surface area contributed by atoms with E-state index in [0.717, 1.165) is 38.6 Å². The molecule has 1 aliphatic rings. The lowest BCUT2D eigenvalue weighted by atomic mass is 10.1. The molecule has 72 valence electrons. The van der Waals surface area contributed by atoms with Gasteiger partial charge in [-0.05, 0) is 38.2 Å². The fourth-order valence-corrected chi connectivity index (χ4v) is 1.55. The van der Waals surface area contributed by atoms with Gasteiger partial charge >= 0.3 is 0 Å². The number of aromatic nitrogens is 2. The number of unbranched alkanes of at least 4 members (excludes halogenated alkanes) is 1. The molecule has 1 saturated carbocycles. The van der Waals surface area contributed by atoms with Crippen LogP contribution in [0.15, 0.2) is 18.5 Å². The lowest BCUT2D eigenvalue weighted by molar-refractivity contribution is 0.136. The van der Waals surface area contributed by atoms with E-state index in [1.54, 1.807) is 6.20 Å². The minimum atomic E-state index is -0.274. The lowest BCUT2D eigenvalue weighted by Crippen LogP contribution is -2.06. The Hall–Kier alpha value is -0.830. The molecular weight excluding hydrogens is 164 g/mol. The quantitative estimate of drug-likeness (QED) is 0.698. The van der Waals surface area contributed by atoms with Crippen LogP contribution in [0.25, 0.3) is 0 Å². The summed E-state index contributed by atoms with van der Waals surface area (Å²) >= 11 is 0. The zero-order valence-corrected chi connectivity index (χ0v) is 7.82. The van der Waals surface area contributed by atoms with Crippen LogP contribution in [-0.4, -0.2) is 20.5 Å². The second kappa shape index (κ2) is 3.50. The first-order valence-corrected chi connectivity index (χ1v) is 4.98. The predicted molar refractivity (Wildman–Crippen MR) is 50.3 cm³/mol. The molecule has 0 aromatic carbocycles. The van der Waals surface area contributed by atoms with Crippen molar-refractivity contribution in [1.29, 1.82) is 0 Å². The summed E-state index contributed by atoms with van der Waals surface area (Å²) in [6.07, 6.45) is 8.98. The molecule has 2 rings (SSSR count). The number of rotatable bonds is 5. The van der Waals surface area contributed by atoms with Crippen LogP contribution >= 0.6 is 0 Å². The molecule has 3 heteroatoms. The van der Waals surface area contributed by atoms with Crippen molar-refractivity contribution in [3.8, 4) is 0 Å². The van der Waals surface area contributed by atoms with E-state index in [2.05, 4.69) is 5.10 Å². The summed E-state index contributed by atoms with van der Waals surface area (Å²) < 4.78 is 1.94. The fraction of sp³-hybridized carbons (Fsp3) is 0.700. The first kappa shape index (κ1) is 8.75. The predicted octanol–water partition coefficient (Wildman–Crippen LogP) is 1.58. The molecule has 13 heavy (non-hydrogen) atoms. The van der Waals surface area contributed by atoms with E-state index in [1.807, 2.05) is 16.9 Å². The maximum atomic E-state index is 9.56. The Morgan fingerprint density at radius 2 is 2.23 bits per heavy atom. The standard InChI is InChI=1S/C10H16N2O/c13-10(5-6-10)4-1-2-8-12-9-3-7-11-12/h3,7,9,13H,1-2,4-6,8H2. The highest BCUT2D eigenvalue weighted by molar-refractivity contribution is 4.92. The molecule has 0 unspecified atom stereocenters. The zero-order chi connectivity index (χ0) is 9.15. The smallest absolute Gasteiger partial charge is 0.0650 e. The molecule has 0 radical (unpaired) electrons. The van der Waals surface area contributed by atoms with Crippen LogP contribution in [0.2, 0.25) is 0 Å². The average molecular weight is 180 g/mol. The maximum Gasteiger partial charge on any atom is 0.0650 e. The molecule has 0 atom stereocenters. The number of aliphatic hydroxyl groups is 1. The molecule has 1 heterocycles. The van der Waals surface area contributed by atoms with Crippen LogP contribution in [0, 0.1) is 0 Å². The summed E-state index contributed by atoms with van der Waals surface area (Å²) in [5.41, 5.74) is -0.274. The number of hydrogen-bond donors (Lipinski definition) is 1. The van der Waals surface area contributed by atoms with Gasteiger partial charge in [-0.25, -0.2) is 0 Å². The van der Waals surface area contributed by atoms with Crippen LogP contribution in [0.1, 0.15) is 32.1 Å². The van der Waals surface area contributed by atoms with E-state index in [-0.39, 0.29) is 5.60 Å². The summed E-state index contributed by atoms with van der Waals surface area (Å²) in [6.45, 7) is 0.975. The van der Waals surface area contributed by atoms with E-state index < -0.39 is 0 Å². The summed E-state index contributed by atoms with van der Waals surface area (Å²) in [5, 5.41) is 13.7. The van der Waals surface area contributed by atoms with Crippen molar-refractivity contribution in [1.82, 2.24) is 9.78 Å². The Bertz CT molecular complexity index is 252. The first-order chi connectivity index (χ1) is 6.29. The monoisotopic (exact) mass is 180 g/mol. The van der Waals surface area contributed by atoms with Crippen molar-refractivity contribution < 1.29 is 5.11 Å². The Balaban J connectivity index is 1.59. The molecule has 1 fully saturated rings. The van der Waals surface area contributed by atoms with E-state index in [1.165, 1.54) is 0 Å². The largest absolute Gasteiger partial charge is 0.390 e. The number of nitrogens with zero attached hydrogens (tertiary/aromatic N) is 2. The molecule has 3 nitrogen and oxygen atoms in total. The van der Waals surface area contributed by atoms with Crippen LogP contribution in [0.4, 0.5) is 0 Å². The van der Waals surface area contributed by atoms with Crippen LogP contribution < -0.4 is 0 Å². The van der Waals surface area contributed by atoms with Gasteiger partial charge in [-0.1, -0.05) is 0 Å². The topological polar surface area (TPSA) is 38.0 Å². The Labute approximate surface area is 78.4 Å². The van der Waals surface area contributed by atoms with Gasteiger partial charge in [-0.15, -0.1) is 0 Å². The summed E-state index contributed by atoms with van der Waals surface area (Å²) in [5.74, 6) is 0. The Morgan fingerprint density at radius 1 is 1.38 bits per heavy atom. The van der Waals surface area contributed by atoms with Crippen molar-refractivity contribution in [3.63, 3.8) is 0 Å². The molecule has 1 aromatic rings. The molecule has 1 aromatic heterocycles. The minimum Gasteiger partial charge on any atom is -0.390 e. The molecule has 0 saturated heterocycles. The van der Waals surface area contributed by atoms with Gasteiger partial charge < -0.3 is 5.11 Å². The number of aryl methyl sites for hydroxylation is 1. The van der Waals surface area contributed by atoms with Gasteiger partial charge in [0.2, 0.25) is 0 Å². The molecule has 0 amide bonds. The Morgan fingerprint density at radius 3 is 2.85 bits per heavy atom.